The third-order valence-corrected chi connectivity index (χ3v) is 3.25. The molecule has 0 spiro atoms. The van der Waals surface area contributed by atoms with E-state index in [2.05, 4.69) is 62.3 Å². The van der Waals surface area contributed by atoms with E-state index in [0.717, 1.165) is 17.0 Å². The summed E-state index contributed by atoms with van der Waals surface area (Å²) in [5.74, 6) is 0. The summed E-state index contributed by atoms with van der Waals surface area (Å²) >= 11 is 3.35. The summed E-state index contributed by atoms with van der Waals surface area (Å²) < 4.78 is 0.630. The van der Waals surface area contributed by atoms with Gasteiger partial charge in [-0.1, -0.05) is 42.5 Å². The maximum atomic E-state index is 4.46. The van der Waals surface area contributed by atoms with Crippen LogP contribution in [0.1, 0.15) is 5.69 Å². The molecule has 0 aliphatic carbocycles. The summed E-state index contributed by atoms with van der Waals surface area (Å²) in [7, 11) is 0. The lowest BCUT2D eigenvalue weighted by molar-refractivity contribution is 1.06. The largest absolute Gasteiger partial charge is 0.227 e. The lowest BCUT2D eigenvalue weighted by atomic mass is 10.0. The molecular formula is C15H11BrN2. The number of nitrogens with zero attached hydrogens (tertiary/aromatic N) is 2. The summed E-state index contributed by atoms with van der Waals surface area (Å²) in [6.07, 6.45) is 0. The predicted octanol–water partition coefficient (Wildman–Crippen LogP) is 4.37. The number of aryl methyl sites for hydroxylation is 1. The first kappa shape index (κ1) is 11.4. The van der Waals surface area contributed by atoms with Crippen LogP contribution in [0, 0.1) is 6.92 Å². The molecular weight excluding hydrogens is 288 g/mol. The molecule has 0 amide bonds. The third kappa shape index (κ3) is 2.02. The Morgan fingerprint density at radius 2 is 1.72 bits per heavy atom. The first-order chi connectivity index (χ1) is 8.74. The molecule has 0 saturated carbocycles. The molecule has 0 atom stereocenters. The van der Waals surface area contributed by atoms with Crippen LogP contribution in [-0.2, 0) is 0 Å². The molecule has 0 aliphatic rings. The third-order valence-electron chi connectivity index (χ3n) is 2.89. The van der Waals surface area contributed by atoms with Gasteiger partial charge in [-0.2, -0.15) is 0 Å². The topological polar surface area (TPSA) is 25.8 Å². The Kier molecular flexibility index (Phi) is 2.84. The Morgan fingerprint density at radius 3 is 2.56 bits per heavy atom. The minimum Gasteiger partial charge on any atom is -0.227 e. The molecule has 0 aliphatic heterocycles. The van der Waals surface area contributed by atoms with Crippen molar-refractivity contribution in [3.8, 4) is 11.3 Å². The van der Waals surface area contributed by atoms with Gasteiger partial charge < -0.3 is 0 Å². The molecule has 1 aromatic heterocycles. The van der Waals surface area contributed by atoms with Crippen molar-refractivity contribution in [2.45, 2.75) is 6.92 Å². The molecule has 0 fully saturated rings. The van der Waals surface area contributed by atoms with E-state index in [1.165, 1.54) is 10.8 Å². The minimum atomic E-state index is 0.630. The number of benzene rings is 2. The van der Waals surface area contributed by atoms with Crippen LogP contribution in [0.4, 0.5) is 0 Å². The average molecular weight is 299 g/mol. The minimum absolute atomic E-state index is 0.630. The molecule has 0 radical (unpaired) electrons. The van der Waals surface area contributed by atoms with E-state index in [0.29, 0.717) is 4.73 Å². The second kappa shape index (κ2) is 4.50. The SMILES string of the molecule is Cc1cc(-c2cccc3ccccc23)nc(Br)n1. The van der Waals surface area contributed by atoms with Gasteiger partial charge in [-0.25, -0.2) is 9.97 Å². The summed E-state index contributed by atoms with van der Waals surface area (Å²) in [6, 6.07) is 16.6. The van der Waals surface area contributed by atoms with Gasteiger partial charge in [0.05, 0.1) is 5.69 Å². The number of hydrogen-bond acceptors (Lipinski definition) is 2. The molecule has 0 N–H and O–H groups in total. The van der Waals surface area contributed by atoms with E-state index in [1.807, 2.05) is 19.1 Å². The van der Waals surface area contributed by atoms with Gasteiger partial charge in [-0.3, -0.25) is 0 Å². The van der Waals surface area contributed by atoms with Gasteiger partial charge in [-0.05, 0) is 39.7 Å². The fraction of sp³-hybridized carbons (Fsp3) is 0.0667. The van der Waals surface area contributed by atoms with E-state index >= 15 is 0 Å². The Balaban J connectivity index is 2.31. The van der Waals surface area contributed by atoms with Crippen LogP contribution < -0.4 is 0 Å². The highest BCUT2D eigenvalue weighted by Crippen LogP contribution is 2.28. The van der Waals surface area contributed by atoms with Crippen molar-refractivity contribution in [2.75, 3.05) is 0 Å². The van der Waals surface area contributed by atoms with Crippen LogP contribution in [0.25, 0.3) is 22.0 Å². The molecule has 0 unspecified atom stereocenters. The van der Waals surface area contributed by atoms with Crippen molar-refractivity contribution in [2.24, 2.45) is 0 Å². The van der Waals surface area contributed by atoms with Crippen LogP contribution >= 0.6 is 15.9 Å². The number of aromatic nitrogens is 2. The number of rotatable bonds is 1. The first-order valence-electron chi connectivity index (χ1n) is 5.73. The van der Waals surface area contributed by atoms with E-state index in [9.17, 15) is 0 Å². The van der Waals surface area contributed by atoms with E-state index in [4.69, 9.17) is 0 Å². The van der Waals surface area contributed by atoms with Crippen LogP contribution in [0.2, 0.25) is 0 Å². The van der Waals surface area contributed by atoms with Crippen molar-refractivity contribution in [3.05, 3.63) is 59.0 Å². The maximum absolute atomic E-state index is 4.46. The van der Waals surface area contributed by atoms with Gasteiger partial charge in [0.1, 0.15) is 0 Å². The van der Waals surface area contributed by atoms with Crippen molar-refractivity contribution in [1.82, 2.24) is 9.97 Å². The summed E-state index contributed by atoms with van der Waals surface area (Å²) in [4.78, 5) is 8.71. The lowest BCUT2D eigenvalue weighted by Crippen LogP contribution is -1.91. The van der Waals surface area contributed by atoms with Crippen LogP contribution in [0.15, 0.2) is 53.3 Å². The van der Waals surface area contributed by atoms with Crippen molar-refractivity contribution >= 4 is 26.7 Å². The summed E-state index contributed by atoms with van der Waals surface area (Å²) in [6.45, 7) is 1.97. The number of hydrogen-bond donors (Lipinski definition) is 0. The molecule has 2 aromatic carbocycles. The smallest absolute Gasteiger partial charge is 0.197 e. The predicted molar refractivity (Wildman–Crippen MR) is 77.4 cm³/mol. The molecule has 0 bridgehead atoms. The maximum Gasteiger partial charge on any atom is 0.197 e. The van der Waals surface area contributed by atoms with Gasteiger partial charge in [0.25, 0.3) is 0 Å². The Labute approximate surface area is 114 Å². The Bertz CT molecular complexity index is 697. The molecule has 88 valence electrons. The van der Waals surface area contributed by atoms with E-state index < -0.39 is 0 Å². The normalized spacial score (nSPS) is 10.8. The van der Waals surface area contributed by atoms with Crippen molar-refractivity contribution in [1.29, 1.82) is 0 Å². The van der Waals surface area contributed by atoms with Crippen molar-refractivity contribution in [3.63, 3.8) is 0 Å². The van der Waals surface area contributed by atoms with E-state index in [1.54, 1.807) is 0 Å². The molecule has 1 heterocycles. The first-order valence-corrected chi connectivity index (χ1v) is 6.53. The highest BCUT2D eigenvalue weighted by Gasteiger charge is 2.06. The van der Waals surface area contributed by atoms with Crippen LogP contribution in [0.5, 0.6) is 0 Å². The second-order valence-corrected chi connectivity index (χ2v) is 4.90. The lowest BCUT2D eigenvalue weighted by Gasteiger charge is -2.07. The van der Waals surface area contributed by atoms with Crippen molar-refractivity contribution < 1.29 is 0 Å². The Hall–Kier alpha value is -1.74. The van der Waals surface area contributed by atoms with E-state index in [-0.39, 0.29) is 0 Å². The molecule has 3 heteroatoms. The molecule has 3 aromatic rings. The zero-order valence-electron chi connectivity index (χ0n) is 9.89. The van der Waals surface area contributed by atoms with Crippen LogP contribution in [0.3, 0.4) is 0 Å². The zero-order valence-corrected chi connectivity index (χ0v) is 11.5. The average Bonchev–Trinajstić information content (AvgIpc) is 2.37. The number of fused-ring (bicyclic) bond motifs is 1. The quantitative estimate of drug-likeness (QED) is 0.624. The fourth-order valence-corrected chi connectivity index (χ4v) is 2.59. The van der Waals surface area contributed by atoms with Gasteiger partial charge in [0.15, 0.2) is 4.73 Å². The van der Waals surface area contributed by atoms with Gasteiger partial charge >= 0.3 is 0 Å². The molecule has 2 nitrogen and oxygen atoms in total. The second-order valence-electron chi connectivity index (χ2n) is 4.19. The van der Waals surface area contributed by atoms with Gasteiger partial charge in [0.2, 0.25) is 0 Å². The van der Waals surface area contributed by atoms with Gasteiger partial charge in [-0.15, -0.1) is 0 Å². The number of halogens is 1. The monoisotopic (exact) mass is 298 g/mol. The van der Waals surface area contributed by atoms with Crippen LogP contribution in [-0.4, -0.2) is 9.97 Å². The molecule has 3 rings (SSSR count). The highest BCUT2D eigenvalue weighted by atomic mass is 79.9. The summed E-state index contributed by atoms with van der Waals surface area (Å²) in [5.41, 5.74) is 3.05. The summed E-state index contributed by atoms with van der Waals surface area (Å²) in [5, 5.41) is 2.44. The fourth-order valence-electron chi connectivity index (χ4n) is 2.12. The standard InChI is InChI=1S/C15H11BrN2/c1-10-9-14(18-15(16)17-10)13-8-4-6-11-5-2-3-7-12(11)13/h2-9H,1H3. The molecule has 18 heavy (non-hydrogen) atoms. The molecule has 0 saturated heterocycles. The Morgan fingerprint density at radius 1 is 0.944 bits per heavy atom. The zero-order chi connectivity index (χ0) is 12.5. The highest BCUT2D eigenvalue weighted by molar-refractivity contribution is 9.10. The van der Waals surface area contributed by atoms with Gasteiger partial charge in [0, 0.05) is 11.3 Å².